The first-order valence-corrected chi connectivity index (χ1v) is 7.71. The molecule has 0 aromatic carbocycles. The molecule has 0 amide bonds. The van der Waals surface area contributed by atoms with Gasteiger partial charge >= 0.3 is 0 Å². The van der Waals surface area contributed by atoms with Crippen molar-refractivity contribution in [2.75, 3.05) is 12.4 Å². The fourth-order valence-corrected chi connectivity index (χ4v) is 3.29. The van der Waals surface area contributed by atoms with Crippen LogP contribution in [0.3, 0.4) is 0 Å². The van der Waals surface area contributed by atoms with Crippen LogP contribution in [-0.4, -0.2) is 30.4 Å². The van der Waals surface area contributed by atoms with Crippen molar-refractivity contribution >= 4 is 15.8 Å². The number of aromatic nitrogens is 3. The molecule has 0 fully saturated rings. The first-order chi connectivity index (χ1) is 9.58. The SMILES string of the molecule is CCC(NS(=O)(=O)c1cccnc1NC)c1ncc[nH]1. The summed E-state index contributed by atoms with van der Waals surface area (Å²) in [6.07, 6.45) is 5.38. The highest BCUT2D eigenvalue weighted by Crippen LogP contribution is 2.21. The lowest BCUT2D eigenvalue weighted by atomic mass is 10.2. The highest BCUT2D eigenvalue weighted by atomic mass is 32.2. The van der Waals surface area contributed by atoms with E-state index in [2.05, 4.69) is 25.0 Å². The van der Waals surface area contributed by atoms with Crippen LogP contribution in [0.15, 0.2) is 35.6 Å². The maximum absolute atomic E-state index is 12.4. The molecule has 0 aliphatic rings. The average molecular weight is 295 g/mol. The summed E-state index contributed by atoms with van der Waals surface area (Å²) in [7, 11) is -2.05. The van der Waals surface area contributed by atoms with E-state index in [9.17, 15) is 8.42 Å². The van der Waals surface area contributed by atoms with E-state index in [4.69, 9.17) is 0 Å². The largest absolute Gasteiger partial charge is 0.372 e. The summed E-state index contributed by atoms with van der Waals surface area (Å²) < 4.78 is 27.5. The van der Waals surface area contributed by atoms with E-state index >= 15 is 0 Å². The van der Waals surface area contributed by atoms with Crippen LogP contribution in [0.4, 0.5) is 5.82 Å². The molecule has 2 aromatic heterocycles. The fourth-order valence-electron chi connectivity index (χ4n) is 1.85. The van der Waals surface area contributed by atoms with Gasteiger partial charge in [-0.1, -0.05) is 6.92 Å². The van der Waals surface area contributed by atoms with E-state index in [-0.39, 0.29) is 4.90 Å². The summed E-state index contributed by atoms with van der Waals surface area (Å²) >= 11 is 0. The minimum absolute atomic E-state index is 0.118. The molecule has 0 spiro atoms. The van der Waals surface area contributed by atoms with E-state index < -0.39 is 16.1 Å². The lowest BCUT2D eigenvalue weighted by Gasteiger charge is -2.16. The third-order valence-electron chi connectivity index (χ3n) is 2.85. The number of aromatic amines is 1. The quantitative estimate of drug-likeness (QED) is 0.745. The van der Waals surface area contributed by atoms with Crippen molar-refractivity contribution in [2.24, 2.45) is 0 Å². The van der Waals surface area contributed by atoms with Crippen molar-refractivity contribution in [2.45, 2.75) is 24.3 Å². The van der Waals surface area contributed by atoms with Crippen LogP contribution in [0.2, 0.25) is 0 Å². The predicted molar refractivity (Wildman–Crippen MR) is 75.7 cm³/mol. The summed E-state index contributed by atoms with van der Waals surface area (Å²) in [5.74, 6) is 0.903. The van der Waals surface area contributed by atoms with Gasteiger partial charge in [0.05, 0.1) is 6.04 Å². The van der Waals surface area contributed by atoms with Crippen molar-refractivity contribution < 1.29 is 8.42 Å². The van der Waals surface area contributed by atoms with Crippen molar-refractivity contribution in [3.8, 4) is 0 Å². The summed E-state index contributed by atoms with van der Waals surface area (Å²) in [4.78, 5) is 11.1. The molecule has 0 radical (unpaired) electrons. The standard InChI is InChI=1S/C12H17N5O2S/c1-3-9(11-15-7-8-16-11)17-20(18,19)10-5-4-6-14-12(10)13-2/h4-9,17H,3H2,1-2H3,(H,13,14)(H,15,16). The maximum atomic E-state index is 12.4. The highest BCUT2D eigenvalue weighted by molar-refractivity contribution is 7.89. The first-order valence-electron chi connectivity index (χ1n) is 6.23. The van der Waals surface area contributed by atoms with Crippen LogP contribution in [0, 0.1) is 0 Å². The van der Waals surface area contributed by atoms with Gasteiger partial charge in [-0.25, -0.2) is 23.1 Å². The third-order valence-corrected chi connectivity index (χ3v) is 4.36. The Morgan fingerprint density at radius 2 is 2.15 bits per heavy atom. The van der Waals surface area contributed by atoms with Crippen molar-refractivity contribution in [1.82, 2.24) is 19.7 Å². The minimum Gasteiger partial charge on any atom is -0.372 e. The van der Waals surface area contributed by atoms with Gasteiger partial charge in [0, 0.05) is 25.6 Å². The van der Waals surface area contributed by atoms with Crippen LogP contribution in [0.1, 0.15) is 25.2 Å². The Balaban J connectivity index is 2.31. The number of H-pyrrole nitrogens is 1. The van der Waals surface area contributed by atoms with Gasteiger partial charge in [-0.3, -0.25) is 0 Å². The molecule has 0 saturated heterocycles. The molecule has 108 valence electrons. The van der Waals surface area contributed by atoms with Gasteiger partial charge in [-0.15, -0.1) is 0 Å². The molecular formula is C12H17N5O2S. The number of nitrogens with one attached hydrogen (secondary N) is 3. The normalized spacial score (nSPS) is 13.1. The van der Waals surface area contributed by atoms with Gasteiger partial charge in [0.2, 0.25) is 10.0 Å². The smallest absolute Gasteiger partial charge is 0.244 e. The lowest BCUT2D eigenvalue weighted by Crippen LogP contribution is -2.29. The molecule has 2 heterocycles. The number of imidazole rings is 1. The van der Waals surface area contributed by atoms with Gasteiger partial charge in [0.15, 0.2) is 0 Å². The minimum atomic E-state index is -3.68. The van der Waals surface area contributed by atoms with Gasteiger partial charge in [-0.2, -0.15) is 0 Å². The summed E-state index contributed by atoms with van der Waals surface area (Å²) in [5, 5.41) is 2.77. The Labute approximate surface area is 117 Å². The zero-order chi connectivity index (χ0) is 14.6. The molecular weight excluding hydrogens is 278 g/mol. The number of nitrogens with zero attached hydrogens (tertiary/aromatic N) is 2. The number of pyridine rings is 1. The Kier molecular flexibility index (Phi) is 4.35. The number of rotatable bonds is 6. The van der Waals surface area contributed by atoms with E-state index in [0.717, 1.165) is 0 Å². The Morgan fingerprint density at radius 1 is 1.35 bits per heavy atom. The zero-order valence-electron chi connectivity index (χ0n) is 11.3. The summed E-state index contributed by atoms with van der Waals surface area (Å²) in [5.41, 5.74) is 0. The zero-order valence-corrected chi connectivity index (χ0v) is 12.1. The summed E-state index contributed by atoms with van der Waals surface area (Å²) in [6, 6.07) is 2.69. The first kappa shape index (κ1) is 14.5. The lowest BCUT2D eigenvalue weighted by molar-refractivity contribution is 0.539. The van der Waals surface area contributed by atoms with Gasteiger partial charge in [0.1, 0.15) is 16.5 Å². The summed E-state index contributed by atoms with van der Waals surface area (Å²) in [6.45, 7) is 1.89. The fraction of sp³-hybridized carbons (Fsp3) is 0.333. The topological polar surface area (TPSA) is 99.8 Å². The molecule has 0 bridgehead atoms. The molecule has 20 heavy (non-hydrogen) atoms. The van der Waals surface area contributed by atoms with Crippen LogP contribution in [-0.2, 0) is 10.0 Å². The average Bonchev–Trinajstić information content (AvgIpc) is 2.98. The second-order valence-corrected chi connectivity index (χ2v) is 5.84. The van der Waals surface area contributed by atoms with Crippen LogP contribution in [0.25, 0.3) is 0 Å². The predicted octanol–water partition coefficient (Wildman–Crippen LogP) is 1.28. The Bertz CT molecular complexity index is 654. The van der Waals surface area contributed by atoms with E-state index in [1.165, 1.54) is 12.3 Å². The molecule has 3 N–H and O–H groups in total. The molecule has 0 aliphatic heterocycles. The Morgan fingerprint density at radius 3 is 2.75 bits per heavy atom. The number of anilines is 1. The molecule has 1 atom stereocenters. The molecule has 2 aromatic rings. The number of hydrogen-bond donors (Lipinski definition) is 3. The number of sulfonamides is 1. The number of hydrogen-bond acceptors (Lipinski definition) is 5. The molecule has 7 nitrogen and oxygen atoms in total. The van der Waals surface area contributed by atoms with Gasteiger partial charge < -0.3 is 10.3 Å². The molecule has 0 saturated carbocycles. The second-order valence-electron chi connectivity index (χ2n) is 4.16. The van der Waals surface area contributed by atoms with Crippen LogP contribution < -0.4 is 10.0 Å². The van der Waals surface area contributed by atoms with Crippen molar-refractivity contribution in [3.63, 3.8) is 0 Å². The van der Waals surface area contributed by atoms with Crippen molar-refractivity contribution in [1.29, 1.82) is 0 Å². The maximum Gasteiger partial charge on any atom is 0.244 e. The monoisotopic (exact) mass is 295 g/mol. The molecule has 2 rings (SSSR count). The van der Waals surface area contributed by atoms with Crippen LogP contribution in [0.5, 0.6) is 0 Å². The van der Waals surface area contributed by atoms with Gasteiger partial charge in [0.25, 0.3) is 0 Å². The van der Waals surface area contributed by atoms with Crippen molar-refractivity contribution in [3.05, 3.63) is 36.5 Å². The molecule has 8 heteroatoms. The van der Waals surface area contributed by atoms with Gasteiger partial charge in [-0.05, 0) is 18.6 Å². The Hall–Kier alpha value is -1.93. The third kappa shape index (κ3) is 2.97. The molecule has 0 aliphatic carbocycles. The van der Waals surface area contributed by atoms with E-state index in [1.807, 2.05) is 6.92 Å². The van der Waals surface area contributed by atoms with E-state index in [0.29, 0.717) is 18.1 Å². The van der Waals surface area contributed by atoms with Crippen LogP contribution >= 0.6 is 0 Å². The second kappa shape index (κ2) is 6.02. The van der Waals surface area contributed by atoms with E-state index in [1.54, 1.807) is 25.5 Å². The molecule has 1 unspecified atom stereocenters. The highest BCUT2D eigenvalue weighted by Gasteiger charge is 2.24.